The lowest BCUT2D eigenvalue weighted by atomic mass is 10.2. The van der Waals surface area contributed by atoms with E-state index in [4.69, 9.17) is 0 Å². The summed E-state index contributed by atoms with van der Waals surface area (Å²) in [6.07, 6.45) is 0.757. The highest BCUT2D eigenvalue weighted by atomic mass is 32.2. The van der Waals surface area contributed by atoms with Crippen LogP contribution in [0, 0.1) is 10.1 Å². The maximum absolute atomic E-state index is 10.8. The number of benzene rings is 1. The van der Waals surface area contributed by atoms with E-state index in [2.05, 4.69) is 4.18 Å². The summed E-state index contributed by atoms with van der Waals surface area (Å²) in [5.41, 5.74) is -1.46. The fourth-order valence-electron chi connectivity index (χ4n) is 1.06. The Kier molecular flexibility index (Phi) is 3.32. The number of carboxylic acids is 1. The average molecular weight is 260 g/mol. The summed E-state index contributed by atoms with van der Waals surface area (Å²) in [4.78, 5) is 20.2. The highest BCUT2D eigenvalue weighted by molar-refractivity contribution is 7.86. The molecule has 0 aliphatic carbocycles. The first-order valence-corrected chi connectivity index (χ1v) is 5.91. The molecule has 0 spiro atoms. The van der Waals surface area contributed by atoms with Gasteiger partial charge in [-0.2, -0.15) is 8.42 Å². The summed E-state index contributed by atoms with van der Waals surface area (Å²) < 4.78 is 25.9. The maximum Gasteiger partial charge on any atom is 0.306 e. The topological polar surface area (TPSA) is 127 Å². The van der Waals surface area contributed by atoms with Gasteiger partial charge in [0.2, 0.25) is 0 Å². The predicted molar refractivity (Wildman–Crippen MR) is 52.9 cm³/mol. The van der Waals surface area contributed by atoms with E-state index in [0.29, 0.717) is 6.07 Å². The largest absolute Gasteiger partial charge is 0.545 e. The van der Waals surface area contributed by atoms with Gasteiger partial charge >= 0.3 is 10.1 Å². The fraction of sp³-hybridized carbons (Fsp3) is 0.125. The van der Waals surface area contributed by atoms with Crippen molar-refractivity contribution in [1.29, 1.82) is 0 Å². The van der Waals surface area contributed by atoms with Crippen LogP contribution < -0.4 is 9.29 Å². The van der Waals surface area contributed by atoms with Crippen molar-refractivity contribution in [2.75, 3.05) is 6.26 Å². The molecule has 0 unspecified atom stereocenters. The second-order valence-corrected chi connectivity index (χ2v) is 4.59. The lowest BCUT2D eigenvalue weighted by Crippen LogP contribution is -2.23. The fourth-order valence-corrected chi connectivity index (χ4v) is 1.52. The van der Waals surface area contributed by atoms with Crippen LogP contribution in [0.15, 0.2) is 18.2 Å². The van der Waals surface area contributed by atoms with Gasteiger partial charge < -0.3 is 14.1 Å². The van der Waals surface area contributed by atoms with Crippen molar-refractivity contribution < 1.29 is 27.4 Å². The Balaban J connectivity index is 3.28. The van der Waals surface area contributed by atoms with Gasteiger partial charge in [0.25, 0.3) is 5.69 Å². The van der Waals surface area contributed by atoms with E-state index < -0.39 is 32.3 Å². The maximum atomic E-state index is 10.8. The Morgan fingerprint density at radius 1 is 1.41 bits per heavy atom. The Labute approximate surface area is 95.7 Å². The molecule has 0 atom stereocenters. The second kappa shape index (κ2) is 4.37. The van der Waals surface area contributed by atoms with Gasteiger partial charge in [-0.05, 0) is 12.1 Å². The van der Waals surface area contributed by atoms with Crippen LogP contribution in [0.25, 0.3) is 0 Å². The molecule has 0 aliphatic rings. The minimum atomic E-state index is -3.84. The molecule has 0 saturated heterocycles. The van der Waals surface area contributed by atoms with Crippen LogP contribution in [0.4, 0.5) is 5.69 Å². The summed E-state index contributed by atoms with van der Waals surface area (Å²) in [6.45, 7) is 0. The Hall–Kier alpha value is -2.16. The molecule has 1 aromatic rings. The van der Waals surface area contributed by atoms with Crippen LogP contribution in [-0.2, 0) is 10.1 Å². The molecule has 0 aromatic heterocycles. The monoisotopic (exact) mass is 260 g/mol. The van der Waals surface area contributed by atoms with Gasteiger partial charge in [0.15, 0.2) is 0 Å². The lowest BCUT2D eigenvalue weighted by Gasteiger charge is -2.07. The second-order valence-electron chi connectivity index (χ2n) is 3.01. The van der Waals surface area contributed by atoms with Crippen molar-refractivity contribution in [3.8, 4) is 5.75 Å². The highest BCUT2D eigenvalue weighted by Crippen LogP contribution is 2.24. The summed E-state index contributed by atoms with van der Waals surface area (Å²) in [5.74, 6) is -2.13. The molecule has 17 heavy (non-hydrogen) atoms. The molecule has 92 valence electrons. The SMILES string of the molecule is CS(=O)(=O)Oc1ccc([N+](=O)[O-])c(C(=O)[O-])c1. The van der Waals surface area contributed by atoms with Gasteiger partial charge in [-0.3, -0.25) is 10.1 Å². The normalized spacial score (nSPS) is 10.9. The van der Waals surface area contributed by atoms with Gasteiger partial charge in [-0.1, -0.05) is 0 Å². The van der Waals surface area contributed by atoms with Crippen LogP contribution in [0.5, 0.6) is 5.75 Å². The summed E-state index contributed by atoms with van der Waals surface area (Å²) >= 11 is 0. The van der Waals surface area contributed by atoms with Crippen molar-refractivity contribution in [2.24, 2.45) is 0 Å². The van der Waals surface area contributed by atoms with Gasteiger partial charge in [-0.15, -0.1) is 0 Å². The zero-order chi connectivity index (χ0) is 13.2. The Morgan fingerprint density at radius 2 is 2.00 bits per heavy atom. The molecule has 8 nitrogen and oxygen atoms in total. The molecule has 0 aliphatic heterocycles. The first-order chi connectivity index (χ1) is 7.70. The number of hydrogen-bond acceptors (Lipinski definition) is 7. The third-order valence-electron chi connectivity index (χ3n) is 1.63. The van der Waals surface area contributed by atoms with Gasteiger partial charge in [-0.25, -0.2) is 0 Å². The van der Waals surface area contributed by atoms with E-state index in [1.54, 1.807) is 0 Å². The van der Waals surface area contributed by atoms with Crippen LogP contribution in [-0.4, -0.2) is 25.6 Å². The molecule has 0 saturated carbocycles. The van der Waals surface area contributed by atoms with Crippen molar-refractivity contribution in [3.05, 3.63) is 33.9 Å². The van der Waals surface area contributed by atoms with Crippen molar-refractivity contribution in [2.45, 2.75) is 0 Å². The van der Waals surface area contributed by atoms with E-state index in [-0.39, 0.29) is 5.75 Å². The van der Waals surface area contributed by atoms with Crippen molar-refractivity contribution >= 4 is 21.8 Å². The smallest absolute Gasteiger partial charge is 0.306 e. The number of carboxylic acid groups (broad SMARTS) is 1. The molecule has 0 amide bonds. The lowest BCUT2D eigenvalue weighted by molar-refractivity contribution is -0.385. The van der Waals surface area contributed by atoms with Crippen LogP contribution >= 0.6 is 0 Å². The quantitative estimate of drug-likeness (QED) is 0.397. The van der Waals surface area contributed by atoms with Gasteiger partial charge in [0.05, 0.1) is 22.7 Å². The number of aromatic carboxylic acids is 1. The van der Waals surface area contributed by atoms with Crippen LogP contribution in [0.1, 0.15) is 10.4 Å². The molecule has 1 rings (SSSR count). The molecule has 9 heteroatoms. The molecular weight excluding hydrogens is 254 g/mol. The molecule has 0 N–H and O–H groups in total. The predicted octanol–water partition coefficient (Wildman–Crippen LogP) is -0.703. The zero-order valence-electron chi connectivity index (χ0n) is 8.45. The van der Waals surface area contributed by atoms with E-state index >= 15 is 0 Å². The van der Waals surface area contributed by atoms with Crippen LogP contribution in [0.2, 0.25) is 0 Å². The van der Waals surface area contributed by atoms with E-state index in [9.17, 15) is 28.4 Å². The molecular formula is C8H6NO7S-. The molecule has 0 heterocycles. The number of carbonyl (C=O) groups is 1. The number of nitro groups is 1. The number of rotatable bonds is 4. The van der Waals surface area contributed by atoms with Crippen molar-refractivity contribution in [1.82, 2.24) is 0 Å². The van der Waals surface area contributed by atoms with E-state index in [1.165, 1.54) is 0 Å². The zero-order valence-corrected chi connectivity index (χ0v) is 9.26. The minimum Gasteiger partial charge on any atom is -0.545 e. The molecule has 1 aromatic carbocycles. The number of carbonyl (C=O) groups excluding carboxylic acids is 1. The first-order valence-electron chi connectivity index (χ1n) is 4.10. The van der Waals surface area contributed by atoms with Crippen LogP contribution in [0.3, 0.4) is 0 Å². The molecule has 0 fully saturated rings. The number of nitro benzene ring substituents is 1. The highest BCUT2D eigenvalue weighted by Gasteiger charge is 2.16. The van der Waals surface area contributed by atoms with E-state index in [0.717, 1.165) is 18.4 Å². The summed E-state index contributed by atoms with van der Waals surface area (Å²) in [6, 6.07) is 2.52. The number of hydrogen-bond donors (Lipinski definition) is 0. The average Bonchev–Trinajstić information content (AvgIpc) is 2.14. The summed E-state index contributed by atoms with van der Waals surface area (Å²) in [5, 5.41) is 21.1. The number of nitrogens with zero attached hydrogens (tertiary/aromatic N) is 1. The first kappa shape index (κ1) is 12.9. The molecule has 0 bridgehead atoms. The standard InChI is InChI=1S/C8H7NO7S/c1-17(14,15)16-5-2-3-7(9(12)13)6(4-5)8(10)11/h2-4H,1H3,(H,10,11)/p-1. The van der Waals surface area contributed by atoms with Crippen molar-refractivity contribution in [3.63, 3.8) is 0 Å². The summed E-state index contributed by atoms with van der Waals surface area (Å²) in [7, 11) is -3.84. The Bertz CT molecular complexity index is 578. The van der Waals surface area contributed by atoms with Gasteiger partial charge in [0, 0.05) is 6.07 Å². The van der Waals surface area contributed by atoms with E-state index in [1.807, 2.05) is 0 Å². The molecule has 0 radical (unpaired) electrons. The Morgan fingerprint density at radius 3 is 2.41 bits per heavy atom. The third kappa shape index (κ3) is 3.41. The van der Waals surface area contributed by atoms with Gasteiger partial charge in [0.1, 0.15) is 5.75 Å². The third-order valence-corrected chi connectivity index (χ3v) is 2.13. The minimum absolute atomic E-state index is 0.336.